The summed E-state index contributed by atoms with van der Waals surface area (Å²) >= 11 is 0. The van der Waals surface area contributed by atoms with Crippen LogP contribution in [0.15, 0.2) is 59.0 Å². The number of anilines is 1. The number of carboxylic acids is 1. The van der Waals surface area contributed by atoms with Gasteiger partial charge in [-0.25, -0.2) is 4.79 Å². The monoisotopic (exact) mass is 527 g/mol. The molecule has 0 aliphatic heterocycles. The number of nitrogens with zero attached hydrogens (tertiary/aromatic N) is 1. The smallest absolute Gasteiger partial charge is 0.328 e. The van der Waals surface area contributed by atoms with Gasteiger partial charge in [-0.05, 0) is 97.5 Å². The maximum absolute atomic E-state index is 12.8. The number of hydrogen-bond donors (Lipinski definition) is 1. The van der Waals surface area contributed by atoms with Crippen molar-refractivity contribution in [2.75, 3.05) is 18.0 Å². The van der Waals surface area contributed by atoms with Crippen LogP contribution in [-0.4, -0.2) is 36.2 Å². The maximum atomic E-state index is 12.8. The summed E-state index contributed by atoms with van der Waals surface area (Å²) in [5.41, 5.74) is 5.29. The number of Topliss-reactive ketones (excluding diaryl/α,β-unsaturated/α-hetero) is 1. The van der Waals surface area contributed by atoms with E-state index in [9.17, 15) is 14.4 Å². The van der Waals surface area contributed by atoms with Crippen molar-refractivity contribution < 1.29 is 28.6 Å². The van der Waals surface area contributed by atoms with Crippen LogP contribution in [0.3, 0.4) is 0 Å². The van der Waals surface area contributed by atoms with Gasteiger partial charge in [-0.1, -0.05) is 24.3 Å². The average molecular weight is 528 g/mol. The maximum Gasteiger partial charge on any atom is 0.328 e. The van der Waals surface area contributed by atoms with Crippen molar-refractivity contribution in [1.82, 2.24) is 0 Å². The molecule has 39 heavy (non-hydrogen) atoms. The number of ether oxygens (including phenoxy) is 1. The first-order chi connectivity index (χ1) is 18.9. The lowest BCUT2D eigenvalue weighted by atomic mass is 9.99. The van der Waals surface area contributed by atoms with Crippen molar-refractivity contribution in [2.24, 2.45) is 5.92 Å². The van der Waals surface area contributed by atoms with E-state index in [2.05, 4.69) is 17.0 Å². The van der Waals surface area contributed by atoms with Crippen LogP contribution in [0.1, 0.15) is 59.0 Å². The van der Waals surface area contributed by atoms with E-state index in [4.69, 9.17) is 14.3 Å². The molecule has 0 spiro atoms. The fourth-order valence-electron chi connectivity index (χ4n) is 5.15. The number of fused-ring (bicyclic) bond motifs is 1. The molecule has 2 aromatic carbocycles. The Bertz CT molecular complexity index is 1380. The van der Waals surface area contributed by atoms with Gasteiger partial charge in [-0.2, -0.15) is 0 Å². The third-order valence-corrected chi connectivity index (χ3v) is 7.45. The van der Waals surface area contributed by atoms with E-state index < -0.39 is 17.7 Å². The molecule has 0 amide bonds. The van der Waals surface area contributed by atoms with Gasteiger partial charge in [0, 0.05) is 19.2 Å². The molecular formula is C32H33NO6. The number of ketones is 1. The first-order valence-electron chi connectivity index (χ1n) is 13.5. The molecule has 1 fully saturated rings. The number of furan rings is 1. The van der Waals surface area contributed by atoms with E-state index in [1.165, 1.54) is 11.1 Å². The van der Waals surface area contributed by atoms with Gasteiger partial charge in [0.2, 0.25) is 5.78 Å². The molecule has 1 N–H and O–H groups in total. The molecule has 0 radical (unpaired) electrons. The van der Waals surface area contributed by atoms with E-state index in [0.29, 0.717) is 36.9 Å². The van der Waals surface area contributed by atoms with Gasteiger partial charge in [0.15, 0.2) is 6.29 Å². The Balaban J connectivity index is 1.43. The van der Waals surface area contributed by atoms with Crippen molar-refractivity contribution in [3.63, 3.8) is 0 Å². The van der Waals surface area contributed by atoms with Crippen LogP contribution < -0.4 is 9.64 Å². The molecule has 2 aliphatic carbocycles. The molecule has 1 unspecified atom stereocenters. The number of carbonyl (C=O) groups is 3. The highest BCUT2D eigenvalue weighted by Crippen LogP contribution is 2.40. The van der Waals surface area contributed by atoms with E-state index >= 15 is 0 Å². The summed E-state index contributed by atoms with van der Waals surface area (Å²) in [7, 11) is 0. The summed E-state index contributed by atoms with van der Waals surface area (Å²) in [5.74, 6) is 0.344. The molecule has 1 aromatic heterocycles. The highest BCUT2D eigenvalue weighted by atomic mass is 16.5. The lowest BCUT2D eigenvalue weighted by Gasteiger charge is -2.30. The number of benzene rings is 2. The SMILES string of the molecule is Cc1ccc(C(CN(CC2CC2)c2cc3c(cc2OCc2ccc(/C=C/C(=O)O)cc2)CCC3)C(=O)C=O)o1. The van der Waals surface area contributed by atoms with Gasteiger partial charge < -0.3 is 19.2 Å². The summed E-state index contributed by atoms with van der Waals surface area (Å²) < 4.78 is 12.2. The van der Waals surface area contributed by atoms with Gasteiger partial charge >= 0.3 is 5.97 Å². The predicted octanol–water partition coefficient (Wildman–Crippen LogP) is 5.52. The second kappa shape index (κ2) is 11.7. The minimum atomic E-state index is -0.985. The van der Waals surface area contributed by atoms with Crippen molar-refractivity contribution in [3.05, 3.63) is 88.4 Å². The van der Waals surface area contributed by atoms with Crippen LogP contribution in [0.4, 0.5) is 5.69 Å². The third-order valence-electron chi connectivity index (χ3n) is 7.45. The average Bonchev–Trinajstić information content (AvgIpc) is 3.46. The zero-order chi connectivity index (χ0) is 27.4. The molecule has 1 heterocycles. The van der Waals surface area contributed by atoms with Gasteiger partial charge in [0.05, 0.1) is 5.69 Å². The number of hydrogen-bond acceptors (Lipinski definition) is 6. The minimum Gasteiger partial charge on any atom is -0.487 e. The van der Waals surface area contributed by atoms with E-state index in [-0.39, 0.29) is 0 Å². The Morgan fingerprint density at radius 2 is 1.85 bits per heavy atom. The van der Waals surface area contributed by atoms with Crippen LogP contribution in [0, 0.1) is 12.8 Å². The van der Waals surface area contributed by atoms with Crippen LogP contribution >= 0.6 is 0 Å². The molecule has 7 nitrogen and oxygen atoms in total. The number of aldehydes is 1. The molecule has 5 rings (SSSR count). The van der Waals surface area contributed by atoms with Crippen LogP contribution in [0.5, 0.6) is 5.75 Å². The van der Waals surface area contributed by atoms with E-state index in [1.54, 1.807) is 12.1 Å². The molecule has 202 valence electrons. The lowest BCUT2D eigenvalue weighted by molar-refractivity contribution is -0.131. The first kappa shape index (κ1) is 26.5. The van der Waals surface area contributed by atoms with Gasteiger partial charge in [0.1, 0.15) is 29.8 Å². The largest absolute Gasteiger partial charge is 0.487 e. The van der Waals surface area contributed by atoms with Gasteiger partial charge in [0.25, 0.3) is 0 Å². The standard InChI is InChI=1S/C32H33NO6/c1-21-5-13-30(39-21)27(29(35)19-34)18-33(17-23-8-9-23)28-15-25-3-2-4-26(25)16-31(28)38-20-24-10-6-22(7-11-24)12-14-32(36)37/h5-7,10-16,19,23,27H,2-4,8-9,17-18,20H2,1H3,(H,36,37)/b14-12+. The Morgan fingerprint density at radius 3 is 2.49 bits per heavy atom. The number of aryl methyl sites for hydroxylation is 3. The summed E-state index contributed by atoms with van der Waals surface area (Å²) in [6.07, 6.45) is 8.48. The Hall–Kier alpha value is -4.13. The molecule has 1 saturated carbocycles. The zero-order valence-corrected chi connectivity index (χ0v) is 22.1. The summed E-state index contributed by atoms with van der Waals surface area (Å²) in [6.45, 7) is 3.29. The van der Waals surface area contributed by atoms with Crippen LogP contribution in [0.25, 0.3) is 6.08 Å². The van der Waals surface area contributed by atoms with Crippen molar-refractivity contribution in [2.45, 2.75) is 51.6 Å². The number of carboxylic acid groups (broad SMARTS) is 1. The number of rotatable bonds is 13. The summed E-state index contributed by atoms with van der Waals surface area (Å²) in [5, 5.41) is 8.85. The fraction of sp³-hybridized carbons (Fsp3) is 0.344. The van der Waals surface area contributed by atoms with Gasteiger partial charge in [-0.3, -0.25) is 9.59 Å². The van der Waals surface area contributed by atoms with Crippen LogP contribution in [-0.2, 0) is 33.8 Å². The van der Waals surface area contributed by atoms with E-state index in [0.717, 1.165) is 67.3 Å². The van der Waals surface area contributed by atoms with Crippen LogP contribution in [0.2, 0.25) is 0 Å². The molecule has 0 bridgehead atoms. The topological polar surface area (TPSA) is 97.0 Å². The zero-order valence-electron chi connectivity index (χ0n) is 22.1. The van der Waals surface area contributed by atoms with Crippen molar-refractivity contribution in [1.29, 1.82) is 0 Å². The highest BCUT2D eigenvalue weighted by molar-refractivity contribution is 6.27. The lowest BCUT2D eigenvalue weighted by Crippen LogP contribution is -2.34. The number of aliphatic carboxylic acids is 1. The van der Waals surface area contributed by atoms with Crippen molar-refractivity contribution in [3.8, 4) is 5.75 Å². The molecule has 2 aliphatic rings. The first-order valence-corrected chi connectivity index (χ1v) is 13.5. The summed E-state index contributed by atoms with van der Waals surface area (Å²) in [4.78, 5) is 37.3. The second-order valence-corrected chi connectivity index (χ2v) is 10.5. The van der Waals surface area contributed by atoms with Gasteiger partial charge in [-0.15, -0.1) is 0 Å². The second-order valence-electron chi connectivity index (χ2n) is 10.5. The predicted molar refractivity (Wildman–Crippen MR) is 148 cm³/mol. The Morgan fingerprint density at radius 1 is 1.10 bits per heavy atom. The number of carbonyl (C=O) groups excluding carboxylic acids is 2. The highest BCUT2D eigenvalue weighted by Gasteiger charge is 2.32. The quantitative estimate of drug-likeness (QED) is 0.178. The fourth-order valence-corrected chi connectivity index (χ4v) is 5.15. The molecule has 7 heteroatoms. The normalized spacial score (nSPS) is 15.2. The molecule has 0 saturated heterocycles. The third kappa shape index (κ3) is 6.66. The Kier molecular flexibility index (Phi) is 7.96. The minimum absolute atomic E-state index is 0.334. The summed E-state index contributed by atoms with van der Waals surface area (Å²) in [6, 6.07) is 15.5. The van der Waals surface area contributed by atoms with Crippen molar-refractivity contribution >= 4 is 29.8 Å². The Labute approximate surface area is 228 Å². The molecular weight excluding hydrogens is 494 g/mol. The molecule has 1 atom stereocenters. The van der Waals surface area contributed by atoms with E-state index in [1.807, 2.05) is 37.3 Å². The molecule has 3 aromatic rings.